The summed E-state index contributed by atoms with van der Waals surface area (Å²) in [6.07, 6.45) is -6.38. The van der Waals surface area contributed by atoms with Crippen LogP contribution in [0.15, 0.2) is 43.1 Å². The van der Waals surface area contributed by atoms with Gasteiger partial charge in [0.05, 0.1) is 25.4 Å². The van der Waals surface area contributed by atoms with E-state index in [0.29, 0.717) is 0 Å². The molecular formula is C23H39N11O27P6. The van der Waals surface area contributed by atoms with Gasteiger partial charge in [0.15, 0.2) is 0 Å². The lowest BCUT2D eigenvalue weighted by Gasteiger charge is -2.22. The van der Waals surface area contributed by atoms with E-state index in [1.165, 1.54) is 39.2 Å². The summed E-state index contributed by atoms with van der Waals surface area (Å²) in [7, 11) is -33.4. The molecule has 67 heavy (non-hydrogen) atoms. The zero-order valence-electron chi connectivity index (χ0n) is 33.8. The van der Waals surface area contributed by atoms with E-state index in [0.717, 1.165) is 9.13 Å². The summed E-state index contributed by atoms with van der Waals surface area (Å²) in [5, 5.41) is 6.63. The predicted molar refractivity (Wildman–Crippen MR) is 213 cm³/mol. The topological polar surface area (TPSA) is 570 Å². The molecule has 0 radical (unpaired) electrons. The number of nitrogens with zero attached hydrogens (tertiary/aromatic N) is 9. The van der Waals surface area contributed by atoms with Crippen molar-refractivity contribution >= 4 is 52.8 Å². The van der Waals surface area contributed by atoms with E-state index < -0.39 is 126 Å². The summed E-state index contributed by atoms with van der Waals surface area (Å²) in [5.74, 6) is -0.0526. The number of azide groups is 2. The summed E-state index contributed by atoms with van der Waals surface area (Å²) < 4.78 is 116. The first-order valence-corrected chi connectivity index (χ1v) is 26.6. The first-order chi connectivity index (χ1) is 30.6. The SMILES string of the molecule is C[C@H](N=[N+]=[N-])OC1C[C@H](n2ccc(N)nc2=O)O[C@@H]1COP(=O)(O)OP(=O)(O)OP(=O)(O)O.Cc1cn([C@H]2CC(O[C@H](C)N=[N+]=[N-])[C@@H](COP(=O)(O)OP(=O)(O)OP(=O)(O)O)O2)c(=O)[nH]c1=O. The van der Waals surface area contributed by atoms with Gasteiger partial charge in [-0.25, -0.2) is 37.0 Å². The van der Waals surface area contributed by atoms with Crippen LogP contribution in [-0.4, -0.2) is 108 Å². The number of nitrogens with two attached hydrogens (primary N) is 1. The summed E-state index contributed by atoms with van der Waals surface area (Å²) >= 11 is 0. The molecule has 4 rings (SSSR count). The van der Waals surface area contributed by atoms with Gasteiger partial charge >= 0.3 is 58.3 Å². The molecule has 0 saturated carbocycles. The van der Waals surface area contributed by atoms with E-state index in [1.807, 2.05) is 0 Å². The molecule has 2 aromatic rings. The third kappa shape index (κ3) is 19.9. The Bertz CT molecular complexity index is 2660. The average molecular weight is 1090 g/mol. The lowest BCUT2D eigenvalue weighted by molar-refractivity contribution is -0.0758. The third-order valence-corrected chi connectivity index (χ3v) is 15.4. The minimum absolute atomic E-state index is 0.0526. The fourth-order valence-corrected chi connectivity index (χ4v) is 11.5. The molecule has 0 amide bonds. The van der Waals surface area contributed by atoms with Crippen LogP contribution >= 0.6 is 46.9 Å². The van der Waals surface area contributed by atoms with Crippen LogP contribution in [0.1, 0.15) is 44.7 Å². The van der Waals surface area contributed by atoms with Gasteiger partial charge in [0, 0.05) is 40.6 Å². The maximum atomic E-state index is 12.2. The second kappa shape index (κ2) is 23.5. The molecule has 2 aliphatic rings. The number of phosphoric ester groups is 2. The minimum atomic E-state index is -5.73. The summed E-state index contributed by atoms with van der Waals surface area (Å²) in [5.41, 5.74) is 20.4. The van der Waals surface area contributed by atoms with Gasteiger partial charge in [-0.15, -0.1) is 0 Å². The summed E-state index contributed by atoms with van der Waals surface area (Å²) in [4.78, 5) is 118. The fraction of sp³-hybridized carbons (Fsp3) is 0.652. The number of phosphoric acid groups is 6. The van der Waals surface area contributed by atoms with Gasteiger partial charge in [-0.05, 0) is 37.9 Å². The van der Waals surface area contributed by atoms with Crippen LogP contribution in [0.5, 0.6) is 0 Å². The van der Waals surface area contributed by atoms with Crippen molar-refractivity contribution in [3.63, 3.8) is 0 Å². The van der Waals surface area contributed by atoms with Crippen molar-refractivity contribution in [2.75, 3.05) is 18.9 Å². The first-order valence-electron chi connectivity index (χ1n) is 17.6. The number of aromatic nitrogens is 4. The van der Waals surface area contributed by atoms with E-state index in [4.69, 9.17) is 55.3 Å². The number of aromatic amines is 1. The van der Waals surface area contributed by atoms with Gasteiger partial charge in [0.2, 0.25) is 0 Å². The van der Waals surface area contributed by atoms with Crippen LogP contribution in [0.2, 0.25) is 0 Å². The number of nitrogen functional groups attached to an aromatic ring is 1. The molecule has 11 N–H and O–H groups in total. The Kier molecular flexibility index (Phi) is 20.3. The predicted octanol–water partition coefficient (Wildman–Crippen LogP) is 1.02. The molecule has 2 saturated heterocycles. The fourth-order valence-electron chi connectivity index (χ4n) is 5.42. The molecular weight excluding hydrogens is 1050 g/mol. The molecule has 44 heteroatoms. The standard InChI is InChI=1S/C12H20N5O14P3.C11H19N6O13P3/c1-6-4-17(12(19)14-11(6)18)10-3-8(28-7(2)15-16-13)9(29-10)5-27-33(23,24)31-34(25,26)30-32(20,21)22;1-6(15-16-13)27-7-4-10(17-3-2-9(12)14-11(17)18)28-8(7)5-26-32(22,23)30-33(24,25)29-31(19,20)21/h4,7-10H,3,5H2,1-2H3,(H,23,24)(H,25,26)(H,14,18,19)(H2,20,21,22);2-3,6-8,10H,4-5H2,1H3,(H,22,23)(H,24,25)(H2,12,14,18)(H2,19,20,21)/t7-,8?,9-,10-;6-,7?,8-,10-/m11/s1. The van der Waals surface area contributed by atoms with E-state index >= 15 is 0 Å². The normalized spacial score (nSPS) is 25.4. The molecule has 2 aromatic heterocycles. The molecule has 0 bridgehead atoms. The molecule has 0 aliphatic carbocycles. The van der Waals surface area contributed by atoms with E-state index in [1.54, 1.807) is 0 Å². The molecule has 38 nitrogen and oxygen atoms in total. The Balaban J connectivity index is 0.000000355. The molecule has 0 aromatic carbocycles. The molecule has 2 fully saturated rings. The Labute approximate surface area is 371 Å². The molecule has 6 unspecified atom stereocenters. The number of H-pyrrole nitrogens is 1. The van der Waals surface area contributed by atoms with E-state index in [9.17, 15) is 61.3 Å². The average Bonchev–Trinajstić information content (AvgIpc) is 3.72. The second-order valence-electron chi connectivity index (χ2n) is 13.0. The second-order valence-corrected chi connectivity index (χ2v) is 21.8. The van der Waals surface area contributed by atoms with Gasteiger partial charge in [-0.3, -0.25) is 28.0 Å². The van der Waals surface area contributed by atoms with Crippen LogP contribution in [0.4, 0.5) is 5.82 Å². The van der Waals surface area contributed by atoms with Crippen molar-refractivity contribution < 1.29 is 112 Å². The number of anilines is 1. The van der Waals surface area contributed by atoms with E-state index in [-0.39, 0.29) is 24.2 Å². The zero-order chi connectivity index (χ0) is 50.9. The van der Waals surface area contributed by atoms with E-state index in [2.05, 4.69) is 56.3 Å². The van der Waals surface area contributed by atoms with Crippen molar-refractivity contribution in [2.24, 2.45) is 10.2 Å². The highest BCUT2D eigenvalue weighted by Crippen LogP contribution is 2.67. The third-order valence-electron chi connectivity index (χ3n) is 7.79. The Morgan fingerprint density at radius 2 is 1.18 bits per heavy atom. The van der Waals surface area contributed by atoms with Crippen molar-refractivity contribution in [3.8, 4) is 0 Å². The maximum absolute atomic E-state index is 12.2. The molecule has 12 atom stereocenters. The minimum Gasteiger partial charge on any atom is -0.383 e. The highest BCUT2D eigenvalue weighted by molar-refractivity contribution is 7.67. The lowest BCUT2D eigenvalue weighted by atomic mass is 10.2. The van der Waals surface area contributed by atoms with Gasteiger partial charge in [0.1, 0.15) is 42.9 Å². The van der Waals surface area contributed by atoms with Crippen molar-refractivity contribution in [2.45, 2.75) is 82.9 Å². The monoisotopic (exact) mass is 1090 g/mol. The zero-order valence-corrected chi connectivity index (χ0v) is 39.2. The van der Waals surface area contributed by atoms with Crippen molar-refractivity contribution in [1.82, 2.24) is 19.1 Å². The molecule has 378 valence electrons. The summed E-state index contributed by atoms with van der Waals surface area (Å²) in [6.45, 7) is 2.45. The van der Waals surface area contributed by atoms with Crippen LogP contribution < -0.4 is 22.7 Å². The maximum Gasteiger partial charge on any atom is 0.490 e. The molecule has 0 spiro atoms. The number of hydrogen-bond donors (Lipinski definition) is 10. The first kappa shape index (κ1) is 58.0. The van der Waals surface area contributed by atoms with Crippen LogP contribution in [-0.2, 0) is 72.6 Å². The lowest BCUT2D eigenvalue weighted by Crippen LogP contribution is -2.33. The van der Waals surface area contributed by atoms with Crippen molar-refractivity contribution in [1.29, 1.82) is 0 Å². The van der Waals surface area contributed by atoms with Gasteiger partial charge in [0.25, 0.3) is 5.56 Å². The van der Waals surface area contributed by atoms with Crippen molar-refractivity contribution in [3.05, 3.63) is 76.2 Å². The van der Waals surface area contributed by atoms with Gasteiger partial charge in [-0.2, -0.15) is 22.2 Å². The molecule has 2 aliphatic heterocycles. The quantitative estimate of drug-likeness (QED) is 0.0340. The number of ether oxygens (including phenoxy) is 4. The van der Waals surface area contributed by atoms with Gasteiger partial charge < -0.3 is 63.8 Å². The smallest absolute Gasteiger partial charge is 0.383 e. The van der Waals surface area contributed by atoms with Gasteiger partial charge in [-0.1, -0.05) is 10.2 Å². The number of rotatable bonds is 22. The van der Waals surface area contributed by atoms with Crippen LogP contribution in [0, 0.1) is 6.92 Å². The number of aryl methyl sites for hydroxylation is 1. The highest BCUT2D eigenvalue weighted by Gasteiger charge is 2.46. The Hall–Kier alpha value is -3.36. The Morgan fingerprint density at radius 1 is 0.761 bits per heavy atom. The molecule has 4 heterocycles. The largest absolute Gasteiger partial charge is 0.490 e. The Morgan fingerprint density at radius 3 is 1.57 bits per heavy atom. The highest BCUT2D eigenvalue weighted by atomic mass is 31.3. The van der Waals surface area contributed by atoms with Crippen LogP contribution in [0.3, 0.4) is 0 Å². The van der Waals surface area contributed by atoms with Crippen LogP contribution in [0.25, 0.3) is 20.9 Å². The number of nitrogens with one attached hydrogen (secondary N) is 1. The number of hydrogen-bond acceptors (Lipinski definition) is 23. The summed E-state index contributed by atoms with van der Waals surface area (Å²) in [6, 6.07) is 1.31.